The van der Waals surface area contributed by atoms with Gasteiger partial charge in [0, 0.05) is 0 Å². The van der Waals surface area contributed by atoms with Crippen LogP contribution in [0.1, 0.15) is 16.5 Å². The zero-order valence-electron chi connectivity index (χ0n) is 16.1. The first kappa shape index (κ1) is 19.2. The van der Waals surface area contributed by atoms with Gasteiger partial charge in [-0.25, -0.2) is 0 Å². The molecule has 1 fully saturated rings. The van der Waals surface area contributed by atoms with Crippen molar-refractivity contribution in [3.63, 3.8) is 0 Å². The molecule has 1 nitrogen and oxygen atoms in total. The van der Waals surface area contributed by atoms with E-state index in [0.29, 0.717) is 25.3 Å². The zero-order chi connectivity index (χ0) is 18.9. The van der Waals surface area contributed by atoms with Crippen LogP contribution in [0, 0.1) is 6.92 Å². The van der Waals surface area contributed by atoms with Gasteiger partial charge in [0.1, 0.15) is 0 Å². The molecule has 0 amide bonds. The van der Waals surface area contributed by atoms with E-state index >= 15 is 0 Å². The number of rotatable bonds is 5. The first-order valence-electron chi connectivity index (χ1n) is 9.51. The molecule has 0 radical (unpaired) electrons. The molecule has 0 bridgehead atoms. The van der Waals surface area contributed by atoms with Crippen molar-refractivity contribution in [2.75, 3.05) is 6.61 Å². The summed E-state index contributed by atoms with van der Waals surface area (Å²) < 4.78 is 9.61. The number of ether oxygens (including phenoxy) is 1. The maximum atomic E-state index is 6.51. The summed E-state index contributed by atoms with van der Waals surface area (Å²) in [5.41, 5.74) is 2.00. The van der Waals surface area contributed by atoms with Gasteiger partial charge >= 0.3 is 174 Å². The van der Waals surface area contributed by atoms with Gasteiger partial charge in [-0.05, 0) is 0 Å². The van der Waals surface area contributed by atoms with Crippen LogP contribution in [0.4, 0.5) is 0 Å². The van der Waals surface area contributed by atoms with Gasteiger partial charge < -0.3 is 0 Å². The van der Waals surface area contributed by atoms with Gasteiger partial charge in [0.25, 0.3) is 0 Å². The minimum atomic E-state index is -1.61. The number of hydrogen-bond acceptors (Lipinski definition) is 2. The van der Waals surface area contributed by atoms with Gasteiger partial charge in [-0.1, -0.05) is 0 Å². The third kappa shape index (κ3) is 4.01. The van der Waals surface area contributed by atoms with Crippen molar-refractivity contribution in [1.82, 2.24) is 0 Å². The topological polar surface area (TPSA) is 9.23 Å². The summed E-state index contributed by atoms with van der Waals surface area (Å²) in [4.78, 5) is 2.01. The molecule has 0 aliphatic carbocycles. The SMILES string of the molecule is Cc1ccc([Si](C)(C)[C@H]2CO[C@@H](c3ccccc3)[C@@H]2[Se]c2ccccc2)s1. The second-order valence-electron chi connectivity index (χ2n) is 7.80. The van der Waals surface area contributed by atoms with Crippen LogP contribution >= 0.6 is 11.3 Å². The Labute approximate surface area is 174 Å². The summed E-state index contributed by atoms with van der Waals surface area (Å²) in [6, 6.07) is 26.6. The standard InChI is InChI=1S/C23H26OSSeSi/c1-17-14-15-21(25-17)27(2,3)20-16-24-22(18-10-6-4-7-11-18)23(20)26-19-12-8-5-9-13-19/h4-15,20,22-23H,16H2,1-3H3/t20-,22-,23+/m0/s1. The van der Waals surface area contributed by atoms with Gasteiger partial charge in [0.15, 0.2) is 0 Å². The summed E-state index contributed by atoms with van der Waals surface area (Å²) in [6.07, 6.45) is 0.226. The monoisotopic (exact) mass is 458 g/mol. The second-order valence-corrected chi connectivity index (χ2v) is 16.8. The molecule has 0 saturated carbocycles. The van der Waals surface area contributed by atoms with Gasteiger partial charge in [0.2, 0.25) is 0 Å². The summed E-state index contributed by atoms with van der Waals surface area (Å²) in [6.45, 7) is 8.22. The molecule has 0 spiro atoms. The van der Waals surface area contributed by atoms with E-state index in [0.717, 1.165) is 6.61 Å². The minimum absolute atomic E-state index is 0.226. The molecule has 3 aromatic rings. The molecule has 1 aliphatic heterocycles. The van der Waals surface area contributed by atoms with Gasteiger partial charge in [-0.15, -0.1) is 0 Å². The Balaban J connectivity index is 1.69. The molecule has 27 heavy (non-hydrogen) atoms. The molecule has 1 aliphatic rings. The van der Waals surface area contributed by atoms with Crippen LogP contribution < -0.4 is 8.96 Å². The second kappa shape index (κ2) is 8.06. The fraction of sp³-hybridized carbons (Fsp3) is 0.304. The van der Waals surface area contributed by atoms with Crippen LogP contribution in [0.5, 0.6) is 0 Å². The molecular weight excluding hydrogens is 431 g/mol. The predicted octanol–water partition coefficient (Wildman–Crippen LogP) is 4.93. The number of benzene rings is 2. The van der Waals surface area contributed by atoms with Crippen LogP contribution in [0.3, 0.4) is 0 Å². The summed E-state index contributed by atoms with van der Waals surface area (Å²) in [5.74, 6) is 0. The molecular formula is C23H26OSSeSi. The Morgan fingerprint density at radius 2 is 1.59 bits per heavy atom. The van der Waals surface area contributed by atoms with E-state index in [1.807, 2.05) is 11.3 Å². The van der Waals surface area contributed by atoms with Crippen LogP contribution in [0.25, 0.3) is 0 Å². The molecule has 1 aromatic heterocycles. The van der Waals surface area contributed by atoms with E-state index in [-0.39, 0.29) is 6.10 Å². The molecule has 3 atom stereocenters. The van der Waals surface area contributed by atoms with Gasteiger partial charge in [-0.3, -0.25) is 0 Å². The molecule has 4 heteroatoms. The fourth-order valence-corrected chi connectivity index (χ4v) is 14.0. The summed E-state index contributed by atoms with van der Waals surface area (Å²) in [7, 11) is -1.61. The zero-order valence-corrected chi connectivity index (χ0v) is 19.6. The van der Waals surface area contributed by atoms with Crippen molar-refractivity contribution >= 4 is 43.3 Å². The molecule has 2 heterocycles. The molecule has 0 unspecified atom stereocenters. The number of thiophene rings is 1. The summed E-state index contributed by atoms with van der Waals surface area (Å²) in [5, 5.41) is 0. The molecule has 1 saturated heterocycles. The molecule has 2 aromatic carbocycles. The van der Waals surface area contributed by atoms with Crippen LogP contribution in [-0.2, 0) is 4.74 Å². The van der Waals surface area contributed by atoms with Crippen LogP contribution in [0.2, 0.25) is 23.5 Å². The van der Waals surface area contributed by atoms with E-state index in [2.05, 4.69) is 92.8 Å². The van der Waals surface area contributed by atoms with E-state index in [4.69, 9.17) is 4.74 Å². The Morgan fingerprint density at radius 3 is 2.22 bits per heavy atom. The third-order valence-corrected chi connectivity index (χ3v) is 15.6. The Morgan fingerprint density at radius 1 is 0.926 bits per heavy atom. The first-order valence-corrected chi connectivity index (χ1v) is 15.2. The van der Waals surface area contributed by atoms with E-state index in [1.54, 1.807) is 4.50 Å². The van der Waals surface area contributed by atoms with Crippen molar-refractivity contribution < 1.29 is 4.74 Å². The molecule has 4 rings (SSSR count). The predicted molar refractivity (Wildman–Crippen MR) is 121 cm³/mol. The van der Waals surface area contributed by atoms with Crippen molar-refractivity contribution in [1.29, 1.82) is 0 Å². The average Bonchev–Trinajstić information content (AvgIpc) is 3.30. The van der Waals surface area contributed by atoms with Gasteiger partial charge in [0.05, 0.1) is 0 Å². The molecule has 140 valence electrons. The van der Waals surface area contributed by atoms with Crippen LogP contribution in [0.15, 0.2) is 72.8 Å². The summed E-state index contributed by atoms with van der Waals surface area (Å²) >= 11 is 2.40. The number of aryl methyl sites for hydroxylation is 1. The number of hydrogen-bond donors (Lipinski definition) is 0. The van der Waals surface area contributed by atoms with E-state index in [9.17, 15) is 0 Å². The van der Waals surface area contributed by atoms with E-state index < -0.39 is 8.07 Å². The van der Waals surface area contributed by atoms with E-state index in [1.165, 1.54) is 14.9 Å². The third-order valence-electron chi connectivity index (χ3n) is 5.60. The Hall–Kier alpha value is -1.16. The van der Waals surface area contributed by atoms with Crippen molar-refractivity contribution in [3.8, 4) is 0 Å². The van der Waals surface area contributed by atoms with Crippen molar-refractivity contribution in [2.45, 2.75) is 36.5 Å². The maximum absolute atomic E-state index is 6.51. The van der Waals surface area contributed by atoms with Crippen molar-refractivity contribution in [3.05, 3.63) is 83.2 Å². The Bertz CT molecular complexity index is 878. The average molecular weight is 458 g/mol. The fourth-order valence-electron chi connectivity index (χ4n) is 3.92. The van der Waals surface area contributed by atoms with Gasteiger partial charge in [-0.2, -0.15) is 0 Å². The van der Waals surface area contributed by atoms with Crippen LogP contribution in [-0.4, -0.2) is 29.6 Å². The molecule has 0 N–H and O–H groups in total. The van der Waals surface area contributed by atoms with Crippen molar-refractivity contribution in [2.24, 2.45) is 0 Å². The first-order chi connectivity index (χ1) is 13.1. The quantitative estimate of drug-likeness (QED) is 0.494. The normalized spacial score (nSPS) is 22.9. The Kier molecular flexibility index (Phi) is 5.72.